The minimum absolute atomic E-state index is 0.0880. The molecule has 0 saturated carbocycles. The normalized spacial score (nSPS) is 13.2. The lowest BCUT2D eigenvalue weighted by Crippen LogP contribution is -2.32. The van der Waals surface area contributed by atoms with E-state index in [-0.39, 0.29) is 17.9 Å². The van der Waals surface area contributed by atoms with Crippen molar-refractivity contribution in [2.75, 3.05) is 6.54 Å². The van der Waals surface area contributed by atoms with Gasteiger partial charge in [-0.05, 0) is 49.9 Å². The van der Waals surface area contributed by atoms with Crippen LogP contribution >= 0.6 is 0 Å². The van der Waals surface area contributed by atoms with Gasteiger partial charge in [0.1, 0.15) is 0 Å². The van der Waals surface area contributed by atoms with Crippen LogP contribution in [0.1, 0.15) is 29.2 Å². The average molecular weight is 315 g/mol. The van der Waals surface area contributed by atoms with Crippen molar-refractivity contribution in [1.82, 2.24) is 4.72 Å². The highest BCUT2D eigenvalue weighted by Gasteiger charge is 2.23. The third-order valence-electron chi connectivity index (χ3n) is 3.23. The van der Waals surface area contributed by atoms with Crippen LogP contribution in [0, 0.1) is 20.8 Å². The van der Waals surface area contributed by atoms with E-state index in [1.807, 2.05) is 0 Å². The van der Waals surface area contributed by atoms with Gasteiger partial charge in [-0.3, -0.25) is 4.79 Å². The smallest absolute Gasteiger partial charge is 0.307 e. The Morgan fingerprint density at radius 2 is 1.86 bits per heavy atom. The molecule has 7 heteroatoms. The second-order valence-corrected chi connectivity index (χ2v) is 6.92. The standard InChI is InChI=1S/C14H21NO5S/c1-8-5-9(2)14(11(4)12(8)6-13(17)18)21(19,20)15-7-10(3)16/h5,10,15-16H,6-7H2,1-4H3,(H,17,18)/t10-/m0/s1. The first-order valence-electron chi connectivity index (χ1n) is 6.55. The summed E-state index contributed by atoms with van der Waals surface area (Å²) < 4.78 is 27.0. The molecule has 0 aliphatic heterocycles. The molecule has 1 aromatic rings. The van der Waals surface area contributed by atoms with Gasteiger partial charge in [0, 0.05) is 6.54 Å². The molecule has 1 aromatic carbocycles. The topological polar surface area (TPSA) is 104 Å². The van der Waals surface area contributed by atoms with Gasteiger partial charge in [-0.15, -0.1) is 0 Å². The van der Waals surface area contributed by atoms with E-state index in [1.54, 1.807) is 26.8 Å². The fraction of sp³-hybridized carbons (Fsp3) is 0.500. The lowest BCUT2D eigenvalue weighted by atomic mass is 9.97. The molecule has 6 nitrogen and oxygen atoms in total. The molecule has 1 rings (SSSR count). The number of carbonyl (C=O) groups is 1. The highest BCUT2D eigenvalue weighted by atomic mass is 32.2. The van der Waals surface area contributed by atoms with E-state index in [2.05, 4.69) is 4.72 Å². The Morgan fingerprint density at radius 1 is 1.29 bits per heavy atom. The number of nitrogens with one attached hydrogen (secondary N) is 1. The lowest BCUT2D eigenvalue weighted by Gasteiger charge is -2.17. The largest absolute Gasteiger partial charge is 0.481 e. The quantitative estimate of drug-likeness (QED) is 0.723. The summed E-state index contributed by atoms with van der Waals surface area (Å²) in [5.74, 6) is -1.01. The molecule has 0 amide bonds. The molecule has 118 valence electrons. The van der Waals surface area contributed by atoms with Gasteiger partial charge in [0.05, 0.1) is 17.4 Å². The fourth-order valence-electron chi connectivity index (χ4n) is 2.35. The molecule has 0 bridgehead atoms. The van der Waals surface area contributed by atoms with Crippen molar-refractivity contribution in [1.29, 1.82) is 0 Å². The van der Waals surface area contributed by atoms with Gasteiger partial charge >= 0.3 is 5.97 Å². The third-order valence-corrected chi connectivity index (χ3v) is 4.94. The molecule has 0 aromatic heterocycles. The van der Waals surface area contributed by atoms with E-state index in [9.17, 15) is 18.3 Å². The zero-order chi connectivity index (χ0) is 16.4. The van der Waals surface area contributed by atoms with E-state index in [1.165, 1.54) is 6.92 Å². The van der Waals surface area contributed by atoms with Gasteiger partial charge in [-0.2, -0.15) is 0 Å². The first-order chi connectivity index (χ1) is 9.56. The lowest BCUT2D eigenvalue weighted by molar-refractivity contribution is -0.136. The predicted octanol–water partition coefficient (Wildman–Crippen LogP) is 0.898. The van der Waals surface area contributed by atoms with Crippen LogP contribution < -0.4 is 4.72 Å². The molecule has 0 unspecified atom stereocenters. The molecule has 3 N–H and O–H groups in total. The maximum Gasteiger partial charge on any atom is 0.307 e. The molecular formula is C14H21NO5S. The summed E-state index contributed by atoms with van der Waals surface area (Å²) in [5, 5.41) is 18.2. The Balaban J connectivity index is 3.39. The number of carboxylic acids is 1. The van der Waals surface area contributed by atoms with Gasteiger partial charge in [-0.1, -0.05) is 6.07 Å². The Bertz CT molecular complexity index is 650. The number of aliphatic carboxylic acids is 1. The zero-order valence-electron chi connectivity index (χ0n) is 12.6. The average Bonchev–Trinajstić information content (AvgIpc) is 2.31. The van der Waals surface area contributed by atoms with E-state index in [4.69, 9.17) is 5.11 Å². The molecular weight excluding hydrogens is 294 g/mol. The summed E-state index contributed by atoms with van der Waals surface area (Å²) in [6.07, 6.45) is -1.03. The van der Waals surface area contributed by atoms with E-state index in [0.717, 1.165) is 5.56 Å². The Labute approximate surface area is 124 Å². The number of aliphatic hydroxyl groups is 1. The molecule has 0 aliphatic rings. The predicted molar refractivity (Wildman–Crippen MR) is 78.9 cm³/mol. The molecule has 0 spiro atoms. The highest BCUT2D eigenvalue weighted by molar-refractivity contribution is 7.89. The SMILES string of the molecule is Cc1cc(C)c(S(=O)(=O)NC[C@H](C)O)c(C)c1CC(=O)O. The fourth-order valence-corrected chi connectivity index (χ4v) is 3.96. The number of aliphatic hydroxyl groups excluding tert-OH is 1. The van der Waals surface area contributed by atoms with Crippen LogP contribution in [0.2, 0.25) is 0 Å². The summed E-state index contributed by atoms with van der Waals surface area (Å²) in [6, 6.07) is 1.67. The zero-order valence-corrected chi connectivity index (χ0v) is 13.4. The van der Waals surface area contributed by atoms with Crippen molar-refractivity contribution in [3.05, 3.63) is 28.3 Å². The molecule has 0 saturated heterocycles. The first-order valence-corrected chi connectivity index (χ1v) is 8.03. The highest BCUT2D eigenvalue weighted by Crippen LogP contribution is 2.26. The van der Waals surface area contributed by atoms with Crippen LogP contribution in [0.4, 0.5) is 0 Å². The number of hydrogen-bond acceptors (Lipinski definition) is 4. The Morgan fingerprint density at radius 3 is 2.33 bits per heavy atom. The van der Waals surface area contributed by atoms with E-state index < -0.39 is 22.1 Å². The second-order valence-electron chi connectivity index (χ2n) is 5.21. The van der Waals surface area contributed by atoms with Crippen LogP contribution in [0.3, 0.4) is 0 Å². The van der Waals surface area contributed by atoms with Crippen molar-refractivity contribution in [3.63, 3.8) is 0 Å². The van der Waals surface area contributed by atoms with Gasteiger partial charge in [0.15, 0.2) is 0 Å². The van der Waals surface area contributed by atoms with E-state index in [0.29, 0.717) is 16.7 Å². The maximum absolute atomic E-state index is 12.4. The van der Waals surface area contributed by atoms with Crippen molar-refractivity contribution in [2.24, 2.45) is 0 Å². The van der Waals surface area contributed by atoms with Gasteiger partial charge < -0.3 is 10.2 Å². The van der Waals surface area contributed by atoms with Gasteiger partial charge in [-0.25, -0.2) is 13.1 Å². The van der Waals surface area contributed by atoms with Gasteiger partial charge in [0.25, 0.3) is 0 Å². The van der Waals surface area contributed by atoms with Crippen molar-refractivity contribution in [2.45, 2.75) is 45.1 Å². The Kier molecular flexibility index (Phi) is 5.49. The van der Waals surface area contributed by atoms with Crippen LogP contribution in [-0.2, 0) is 21.2 Å². The van der Waals surface area contributed by atoms with E-state index >= 15 is 0 Å². The molecule has 21 heavy (non-hydrogen) atoms. The Hall–Kier alpha value is -1.44. The summed E-state index contributed by atoms with van der Waals surface area (Å²) in [7, 11) is -3.79. The molecule has 0 heterocycles. The molecule has 0 radical (unpaired) electrons. The second kappa shape index (κ2) is 6.55. The number of benzene rings is 1. The van der Waals surface area contributed by atoms with Crippen LogP contribution in [0.25, 0.3) is 0 Å². The van der Waals surface area contributed by atoms with Crippen LogP contribution in [0.15, 0.2) is 11.0 Å². The number of aryl methyl sites for hydroxylation is 2. The summed E-state index contributed by atoms with van der Waals surface area (Å²) in [5.41, 5.74) is 2.25. The summed E-state index contributed by atoms with van der Waals surface area (Å²) in [4.78, 5) is 11.0. The molecule has 0 aliphatic carbocycles. The van der Waals surface area contributed by atoms with Crippen molar-refractivity contribution < 1.29 is 23.4 Å². The first kappa shape index (κ1) is 17.6. The number of rotatable bonds is 6. The summed E-state index contributed by atoms with van der Waals surface area (Å²) >= 11 is 0. The number of carboxylic acid groups (broad SMARTS) is 1. The molecule has 1 atom stereocenters. The molecule has 0 fully saturated rings. The monoisotopic (exact) mass is 315 g/mol. The summed E-state index contributed by atoms with van der Waals surface area (Å²) in [6.45, 7) is 6.42. The van der Waals surface area contributed by atoms with Crippen LogP contribution in [-0.4, -0.2) is 37.2 Å². The minimum atomic E-state index is -3.79. The van der Waals surface area contributed by atoms with Crippen molar-refractivity contribution in [3.8, 4) is 0 Å². The minimum Gasteiger partial charge on any atom is -0.481 e. The number of sulfonamides is 1. The van der Waals surface area contributed by atoms with Crippen LogP contribution in [0.5, 0.6) is 0 Å². The third kappa shape index (κ3) is 4.26. The van der Waals surface area contributed by atoms with Gasteiger partial charge in [0.2, 0.25) is 10.0 Å². The maximum atomic E-state index is 12.4. The van der Waals surface area contributed by atoms with Crippen molar-refractivity contribution >= 4 is 16.0 Å². The number of hydrogen-bond donors (Lipinski definition) is 3.